The standard InChI is InChI=1S/C22H27N3O2/c1-17-4-10-20(11-5-17)24-22(27)14-21(26)23-15-18-6-8-19(9-7-18)16-25-12-2-3-13-25/h4-11H,2-3,12-16H2,1H3,(H,23,26)(H,24,27). The number of nitrogens with zero attached hydrogens (tertiary/aromatic N) is 1. The lowest BCUT2D eigenvalue weighted by Crippen LogP contribution is -2.27. The van der Waals surface area contributed by atoms with Crippen molar-refractivity contribution in [2.45, 2.75) is 39.3 Å². The van der Waals surface area contributed by atoms with E-state index in [0.29, 0.717) is 12.2 Å². The summed E-state index contributed by atoms with van der Waals surface area (Å²) in [4.78, 5) is 26.4. The fourth-order valence-electron chi connectivity index (χ4n) is 3.21. The first-order valence-electron chi connectivity index (χ1n) is 9.52. The first kappa shape index (κ1) is 19.1. The fourth-order valence-corrected chi connectivity index (χ4v) is 3.21. The summed E-state index contributed by atoms with van der Waals surface area (Å²) in [7, 11) is 0. The second kappa shape index (κ2) is 9.33. The van der Waals surface area contributed by atoms with Gasteiger partial charge in [0.25, 0.3) is 0 Å². The molecule has 5 nitrogen and oxygen atoms in total. The van der Waals surface area contributed by atoms with E-state index in [2.05, 4.69) is 27.7 Å². The molecular weight excluding hydrogens is 338 g/mol. The number of likely N-dealkylation sites (tertiary alicyclic amines) is 1. The molecule has 0 bridgehead atoms. The number of carbonyl (C=O) groups is 2. The number of aryl methyl sites for hydroxylation is 1. The van der Waals surface area contributed by atoms with Gasteiger partial charge >= 0.3 is 0 Å². The maximum absolute atomic E-state index is 12.0. The van der Waals surface area contributed by atoms with Gasteiger partial charge in [0, 0.05) is 18.8 Å². The van der Waals surface area contributed by atoms with Gasteiger partial charge in [-0.3, -0.25) is 14.5 Å². The molecule has 27 heavy (non-hydrogen) atoms. The van der Waals surface area contributed by atoms with Crippen molar-refractivity contribution in [2.75, 3.05) is 18.4 Å². The van der Waals surface area contributed by atoms with Crippen molar-refractivity contribution < 1.29 is 9.59 Å². The van der Waals surface area contributed by atoms with Crippen LogP contribution in [0.3, 0.4) is 0 Å². The van der Waals surface area contributed by atoms with Crippen molar-refractivity contribution in [3.8, 4) is 0 Å². The maximum Gasteiger partial charge on any atom is 0.233 e. The lowest BCUT2D eigenvalue weighted by Gasteiger charge is -2.14. The fraction of sp³-hybridized carbons (Fsp3) is 0.364. The van der Waals surface area contributed by atoms with Gasteiger partial charge in [-0.2, -0.15) is 0 Å². The topological polar surface area (TPSA) is 61.4 Å². The van der Waals surface area contributed by atoms with E-state index in [1.54, 1.807) is 0 Å². The Morgan fingerprint density at radius 2 is 1.52 bits per heavy atom. The Bertz CT molecular complexity index is 763. The highest BCUT2D eigenvalue weighted by Gasteiger charge is 2.12. The van der Waals surface area contributed by atoms with Crippen LogP contribution in [0, 0.1) is 6.92 Å². The van der Waals surface area contributed by atoms with Crippen molar-refractivity contribution in [3.05, 3.63) is 65.2 Å². The van der Waals surface area contributed by atoms with Gasteiger partial charge in [-0.1, -0.05) is 42.0 Å². The monoisotopic (exact) mass is 365 g/mol. The highest BCUT2D eigenvalue weighted by Crippen LogP contribution is 2.13. The number of rotatable bonds is 7. The molecule has 2 N–H and O–H groups in total. The molecular formula is C22H27N3O2. The average molecular weight is 365 g/mol. The second-order valence-electron chi connectivity index (χ2n) is 7.17. The molecule has 1 aliphatic heterocycles. The van der Waals surface area contributed by atoms with Crippen LogP contribution in [0.25, 0.3) is 0 Å². The van der Waals surface area contributed by atoms with Crippen molar-refractivity contribution in [3.63, 3.8) is 0 Å². The number of benzene rings is 2. The summed E-state index contributed by atoms with van der Waals surface area (Å²) in [5.74, 6) is -0.585. The minimum atomic E-state index is -0.308. The van der Waals surface area contributed by atoms with Crippen LogP contribution in [0.15, 0.2) is 48.5 Å². The Hall–Kier alpha value is -2.66. The van der Waals surface area contributed by atoms with E-state index < -0.39 is 0 Å². The quantitative estimate of drug-likeness (QED) is 0.741. The summed E-state index contributed by atoms with van der Waals surface area (Å²) >= 11 is 0. The number of carbonyl (C=O) groups excluding carboxylic acids is 2. The number of hydrogen-bond acceptors (Lipinski definition) is 3. The molecule has 142 valence electrons. The third-order valence-corrected chi connectivity index (χ3v) is 4.77. The average Bonchev–Trinajstić information content (AvgIpc) is 3.16. The number of hydrogen-bond donors (Lipinski definition) is 2. The van der Waals surface area contributed by atoms with Crippen molar-refractivity contribution in [1.82, 2.24) is 10.2 Å². The first-order chi connectivity index (χ1) is 13.1. The summed E-state index contributed by atoms with van der Waals surface area (Å²) in [6.45, 7) is 5.77. The molecule has 2 aromatic rings. The Labute approximate surface area is 160 Å². The smallest absolute Gasteiger partial charge is 0.233 e. The van der Waals surface area contributed by atoms with E-state index in [1.165, 1.54) is 31.5 Å². The molecule has 2 aromatic carbocycles. The number of amides is 2. The van der Waals surface area contributed by atoms with Crippen molar-refractivity contribution >= 4 is 17.5 Å². The molecule has 1 heterocycles. The number of anilines is 1. The van der Waals surface area contributed by atoms with E-state index in [1.807, 2.05) is 43.3 Å². The minimum absolute atomic E-state index is 0.180. The lowest BCUT2D eigenvalue weighted by molar-refractivity contribution is -0.126. The van der Waals surface area contributed by atoms with Gasteiger partial charge in [-0.15, -0.1) is 0 Å². The van der Waals surface area contributed by atoms with Crippen LogP contribution >= 0.6 is 0 Å². The summed E-state index contributed by atoms with van der Waals surface area (Å²) in [6.07, 6.45) is 2.41. The largest absolute Gasteiger partial charge is 0.352 e. The third kappa shape index (κ3) is 6.22. The van der Waals surface area contributed by atoms with Gasteiger partial charge in [-0.05, 0) is 56.1 Å². The first-order valence-corrected chi connectivity index (χ1v) is 9.52. The van der Waals surface area contributed by atoms with Gasteiger partial charge in [0.1, 0.15) is 6.42 Å². The van der Waals surface area contributed by atoms with Crippen LogP contribution in [0.4, 0.5) is 5.69 Å². The summed E-state index contributed by atoms with van der Waals surface area (Å²) < 4.78 is 0. The van der Waals surface area contributed by atoms with Crippen molar-refractivity contribution in [1.29, 1.82) is 0 Å². The molecule has 0 saturated carbocycles. The van der Waals surface area contributed by atoms with Gasteiger partial charge in [0.2, 0.25) is 11.8 Å². The Kier molecular flexibility index (Phi) is 6.60. The van der Waals surface area contributed by atoms with Crippen molar-refractivity contribution in [2.24, 2.45) is 0 Å². The molecule has 0 aromatic heterocycles. The molecule has 2 amide bonds. The summed E-state index contributed by atoms with van der Waals surface area (Å²) in [6, 6.07) is 15.8. The van der Waals surface area contributed by atoms with Gasteiger partial charge in [-0.25, -0.2) is 0 Å². The van der Waals surface area contributed by atoms with Gasteiger partial charge in [0.05, 0.1) is 0 Å². The Morgan fingerprint density at radius 1 is 0.889 bits per heavy atom. The zero-order valence-electron chi connectivity index (χ0n) is 15.8. The molecule has 0 aliphatic carbocycles. The molecule has 1 fully saturated rings. The lowest BCUT2D eigenvalue weighted by atomic mass is 10.1. The predicted molar refractivity (Wildman–Crippen MR) is 107 cm³/mol. The molecule has 1 saturated heterocycles. The van der Waals surface area contributed by atoms with E-state index in [0.717, 1.165) is 17.7 Å². The van der Waals surface area contributed by atoms with Gasteiger partial charge in [0.15, 0.2) is 0 Å². The molecule has 0 spiro atoms. The summed E-state index contributed by atoms with van der Waals surface area (Å²) in [5.41, 5.74) is 4.15. The second-order valence-corrected chi connectivity index (χ2v) is 7.17. The number of nitrogens with one attached hydrogen (secondary N) is 2. The molecule has 0 radical (unpaired) electrons. The van der Waals surface area contributed by atoms with Crippen LogP contribution < -0.4 is 10.6 Å². The highest BCUT2D eigenvalue weighted by molar-refractivity contribution is 6.03. The molecule has 5 heteroatoms. The third-order valence-electron chi connectivity index (χ3n) is 4.77. The zero-order valence-corrected chi connectivity index (χ0v) is 15.8. The maximum atomic E-state index is 12.0. The molecule has 3 rings (SSSR count). The van der Waals surface area contributed by atoms with Gasteiger partial charge < -0.3 is 10.6 Å². The van der Waals surface area contributed by atoms with Crippen LogP contribution in [-0.4, -0.2) is 29.8 Å². The molecule has 0 atom stereocenters. The van der Waals surface area contributed by atoms with Crippen LogP contribution in [0.2, 0.25) is 0 Å². The van der Waals surface area contributed by atoms with E-state index >= 15 is 0 Å². The van der Waals surface area contributed by atoms with Crippen LogP contribution in [0.5, 0.6) is 0 Å². The Morgan fingerprint density at radius 3 is 2.19 bits per heavy atom. The Balaban J connectivity index is 1.40. The van der Waals surface area contributed by atoms with Crippen LogP contribution in [-0.2, 0) is 22.7 Å². The molecule has 0 unspecified atom stereocenters. The minimum Gasteiger partial charge on any atom is -0.352 e. The van der Waals surface area contributed by atoms with Crippen LogP contribution in [0.1, 0.15) is 36.0 Å². The SMILES string of the molecule is Cc1ccc(NC(=O)CC(=O)NCc2ccc(CN3CCCC3)cc2)cc1. The highest BCUT2D eigenvalue weighted by atomic mass is 16.2. The predicted octanol–water partition coefficient (Wildman–Crippen LogP) is 3.24. The summed E-state index contributed by atoms with van der Waals surface area (Å²) in [5, 5.41) is 5.54. The van der Waals surface area contributed by atoms with E-state index in [4.69, 9.17) is 0 Å². The van der Waals surface area contributed by atoms with E-state index in [9.17, 15) is 9.59 Å². The molecule has 1 aliphatic rings. The zero-order chi connectivity index (χ0) is 19.1. The normalized spacial score (nSPS) is 14.1. The van der Waals surface area contributed by atoms with E-state index in [-0.39, 0.29) is 18.2 Å².